The van der Waals surface area contributed by atoms with Crippen molar-refractivity contribution < 1.29 is 9.13 Å². The van der Waals surface area contributed by atoms with Crippen LogP contribution in [0.4, 0.5) is 15.9 Å². The second kappa shape index (κ2) is 7.35. The van der Waals surface area contributed by atoms with Crippen LogP contribution in [-0.2, 0) is 0 Å². The number of nitrogens with zero attached hydrogens (tertiary/aromatic N) is 3. The zero-order valence-corrected chi connectivity index (χ0v) is 14.9. The summed E-state index contributed by atoms with van der Waals surface area (Å²) in [6.07, 6.45) is 1.68. The van der Waals surface area contributed by atoms with Crippen molar-refractivity contribution in [2.75, 3.05) is 24.7 Å². The quantitative estimate of drug-likeness (QED) is 0.681. The maximum Gasteiger partial charge on any atom is 0.217 e. The number of aryl methyl sites for hydroxylation is 1. The molecule has 2 heterocycles. The number of pyridine rings is 1. The Morgan fingerprint density at radius 3 is 2.73 bits per heavy atom. The molecule has 0 saturated heterocycles. The van der Waals surface area contributed by atoms with Crippen LogP contribution in [0.5, 0.6) is 5.88 Å². The third-order valence-electron chi connectivity index (χ3n) is 3.89. The Labute approximate surface area is 151 Å². The molecule has 0 radical (unpaired) electrons. The van der Waals surface area contributed by atoms with E-state index >= 15 is 0 Å². The minimum absolute atomic E-state index is 0.0742. The molecule has 26 heavy (non-hydrogen) atoms. The van der Waals surface area contributed by atoms with E-state index in [1.54, 1.807) is 25.4 Å². The minimum Gasteiger partial charge on any atom is -0.478 e. The van der Waals surface area contributed by atoms with Gasteiger partial charge < -0.3 is 15.8 Å². The van der Waals surface area contributed by atoms with Crippen LogP contribution in [0.25, 0.3) is 22.6 Å². The summed E-state index contributed by atoms with van der Waals surface area (Å²) in [6.45, 7) is 4.16. The zero-order chi connectivity index (χ0) is 18.7. The lowest BCUT2D eigenvalue weighted by molar-refractivity contribution is 0.327. The molecule has 0 atom stereocenters. The molecule has 1 aromatic carbocycles. The van der Waals surface area contributed by atoms with Gasteiger partial charge in [0, 0.05) is 30.4 Å². The molecule has 134 valence electrons. The number of hydrogen-bond donors (Lipinski definition) is 2. The van der Waals surface area contributed by atoms with Crippen molar-refractivity contribution in [3.63, 3.8) is 0 Å². The standard InChI is InChI=1S/C19H20FN5O/c1-4-26-18-10-16(13-9-15(21)14(20)7-11(13)2)24-19(25-18)12-5-6-23-17(8-12)22-3/h5-10H,4,21H2,1-3H3,(H,22,23). The highest BCUT2D eigenvalue weighted by atomic mass is 19.1. The van der Waals surface area contributed by atoms with Crippen molar-refractivity contribution >= 4 is 11.5 Å². The van der Waals surface area contributed by atoms with Crippen LogP contribution < -0.4 is 15.8 Å². The lowest BCUT2D eigenvalue weighted by Crippen LogP contribution is -2.01. The van der Waals surface area contributed by atoms with Crippen molar-refractivity contribution in [2.24, 2.45) is 0 Å². The summed E-state index contributed by atoms with van der Waals surface area (Å²) >= 11 is 0. The average molecular weight is 353 g/mol. The Bertz CT molecular complexity index is 945. The van der Waals surface area contributed by atoms with E-state index in [4.69, 9.17) is 10.5 Å². The highest BCUT2D eigenvalue weighted by Crippen LogP contribution is 2.30. The predicted octanol–water partition coefficient (Wildman–Crippen LogP) is 3.68. The third kappa shape index (κ3) is 3.56. The van der Waals surface area contributed by atoms with Crippen molar-refractivity contribution in [2.45, 2.75) is 13.8 Å². The first-order valence-corrected chi connectivity index (χ1v) is 8.24. The summed E-state index contributed by atoms with van der Waals surface area (Å²) in [5.74, 6) is 1.19. The van der Waals surface area contributed by atoms with E-state index in [-0.39, 0.29) is 5.69 Å². The minimum atomic E-state index is -0.446. The molecule has 0 spiro atoms. The number of anilines is 2. The molecule has 0 aliphatic carbocycles. The Morgan fingerprint density at radius 2 is 2.00 bits per heavy atom. The second-order valence-electron chi connectivity index (χ2n) is 5.72. The first kappa shape index (κ1) is 17.6. The number of benzene rings is 1. The highest BCUT2D eigenvalue weighted by molar-refractivity contribution is 5.71. The van der Waals surface area contributed by atoms with Gasteiger partial charge in [-0.1, -0.05) is 0 Å². The van der Waals surface area contributed by atoms with Crippen LogP contribution in [0.2, 0.25) is 0 Å². The van der Waals surface area contributed by atoms with Crippen LogP contribution in [0, 0.1) is 12.7 Å². The molecule has 0 fully saturated rings. The smallest absolute Gasteiger partial charge is 0.217 e. The summed E-state index contributed by atoms with van der Waals surface area (Å²) in [7, 11) is 1.79. The van der Waals surface area contributed by atoms with Gasteiger partial charge in [0.1, 0.15) is 11.6 Å². The van der Waals surface area contributed by atoms with E-state index in [2.05, 4.69) is 20.3 Å². The van der Waals surface area contributed by atoms with Gasteiger partial charge in [-0.3, -0.25) is 0 Å². The highest BCUT2D eigenvalue weighted by Gasteiger charge is 2.13. The van der Waals surface area contributed by atoms with Crippen LogP contribution in [0.15, 0.2) is 36.5 Å². The average Bonchev–Trinajstić information content (AvgIpc) is 2.64. The molecule has 3 N–H and O–H groups in total. The van der Waals surface area contributed by atoms with Gasteiger partial charge in [0.15, 0.2) is 5.82 Å². The monoisotopic (exact) mass is 353 g/mol. The van der Waals surface area contributed by atoms with Gasteiger partial charge in [-0.05, 0) is 43.7 Å². The maximum atomic E-state index is 13.7. The topological polar surface area (TPSA) is 86.0 Å². The molecule has 3 aromatic rings. The lowest BCUT2D eigenvalue weighted by atomic mass is 10.0. The molecule has 6 nitrogen and oxygen atoms in total. The molecular weight excluding hydrogens is 333 g/mol. The summed E-state index contributed by atoms with van der Waals surface area (Å²) < 4.78 is 19.3. The first-order chi connectivity index (χ1) is 12.5. The van der Waals surface area contributed by atoms with E-state index < -0.39 is 5.82 Å². The van der Waals surface area contributed by atoms with Gasteiger partial charge in [0.25, 0.3) is 0 Å². The maximum absolute atomic E-state index is 13.7. The molecule has 0 unspecified atom stereocenters. The molecule has 0 bridgehead atoms. The van der Waals surface area contributed by atoms with Crippen molar-refractivity contribution in [3.8, 4) is 28.5 Å². The number of nitrogens with two attached hydrogens (primary N) is 1. The molecule has 0 aliphatic heterocycles. The first-order valence-electron chi connectivity index (χ1n) is 8.24. The summed E-state index contributed by atoms with van der Waals surface area (Å²) in [4.78, 5) is 13.3. The SMILES string of the molecule is CCOc1cc(-c2cc(N)c(F)cc2C)nc(-c2ccnc(NC)c2)n1. The molecule has 7 heteroatoms. The van der Waals surface area contributed by atoms with Crippen molar-refractivity contribution in [1.82, 2.24) is 15.0 Å². The van der Waals surface area contributed by atoms with Crippen molar-refractivity contribution in [1.29, 1.82) is 0 Å². The number of nitrogen functional groups attached to an aromatic ring is 1. The fourth-order valence-electron chi connectivity index (χ4n) is 2.59. The Hall–Kier alpha value is -3.22. The van der Waals surface area contributed by atoms with Gasteiger partial charge in [0.2, 0.25) is 5.88 Å². The van der Waals surface area contributed by atoms with Crippen LogP contribution in [0.1, 0.15) is 12.5 Å². The molecule has 3 rings (SSSR count). The van der Waals surface area contributed by atoms with E-state index in [0.29, 0.717) is 29.8 Å². The van der Waals surface area contributed by atoms with Gasteiger partial charge in [-0.2, -0.15) is 4.98 Å². The Morgan fingerprint density at radius 1 is 1.19 bits per heavy atom. The summed E-state index contributed by atoms with van der Waals surface area (Å²) in [5.41, 5.74) is 8.69. The summed E-state index contributed by atoms with van der Waals surface area (Å²) in [6, 6.07) is 8.38. The van der Waals surface area contributed by atoms with Crippen molar-refractivity contribution in [3.05, 3.63) is 47.9 Å². The summed E-state index contributed by atoms with van der Waals surface area (Å²) in [5, 5.41) is 2.99. The van der Waals surface area contributed by atoms with E-state index in [9.17, 15) is 4.39 Å². The molecule has 0 amide bonds. The number of nitrogens with one attached hydrogen (secondary N) is 1. The number of halogens is 1. The van der Waals surface area contributed by atoms with Gasteiger partial charge in [0.05, 0.1) is 18.0 Å². The van der Waals surface area contributed by atoms with Crippen LogP contribution in [0.3, 0.4) is 0 Å². The predicted molar refractivity (Wildman–Crippen MR) is 101 cm³/mol. The fraction of sp³-hybridized carbons (Fsp3) is 0.211. The zero-order valence-electron chi connectivity index (χ0n) is 14.9. The van der Waals surface area contributed by atoms with E-state index in [1.165, 1.54) is 6.07 Å². The van der Waals surface area contributed by atoms with E-state index in [1.807, 2.05) is 26.0 Å². The second-order valence-corrected chi connectivity index (χ2v) is 5.72. The van der Waals surface area contributed by atoms with Gasteiger partial charge in [-0.25, -0.2) is 14.4 Å². The fourth-order valence-corrected chi connectivity index (χ4v) is 2.59. The Balaban J connectivity index is 2.17. The van der Waals surface area contributed by atoms with E-state index in [0.717, 1.165) is 16.7 Å². The number of hydrogen-bond acceptors (Lipinski definition) is 6. The molecular formula is C19H20FN5O. The Kier molecular flexibility index (Phi) is 4.97. The van der Waals surface area contributed by atoms with Crippen LogP contribution >= 0.6 is 0 Å². The van der Waals surface area contributed by atoms with Gasteiger partial charge >= 0.3 is 0 Å². The number of ether oxygens (including phenoxy) is 1. The van der Waals surface area contributed by atoms with Gasteiger partial charge in [-0.15, -0.1) is 0 Å². The number of rotatable bonds is 5. The van der Waals surface area contributed by atoms with Crippen LogP contribution in [-0.4, -0.2) is 28.6 Å². The molecule has 0 saturated carbocycles. The normalized spacial score (nSPS) is 10.6. The lowest BCUT2D eigenvalue weighted by Gasteiger charge is -2.12. The third-order valence-corrected chi connectivity index (χ3v) is 3.89. The number of aromatic nitrogens is 3. The molecule has 2 aromatic heterocycles. The largest absolute Gasteiger partial charge is 0.478 e. The molecule has 0 aliphatic rings.